The summed E-state index contributed by atoms with van der Waals surface area (Å²) >= 11 is 0. The molecule has 1 atom stereocenters. The predicted molar refractivity (Wildman–Crippen MR) is 82.5 cm³/mol. The molecule has 3 rings (SSSR count). The zero-order valence-corrected chi connectivity index (χ0v) is 12.5. The third-order valence-corrected chi connectivity index (χ3v) is 3.57. The average molecular weight is 312 g/mol. The third kappa shape index (κ3) is 3.32. The van der Waals surface area contributed by atoms with Crippen LogP contribution in [0.3, 0.4) is 0 Å². The van der Waals surface area contributed by atoms with Crippen LogP contribution in [0.4, 0.5) is 0 Å². The molecule has 0 aliphatic rings. The number of carboxylic acids is 1. The van der Waals surface area contributed by atoms with E-state index < -0.39 is 12.0 Å². The van der Waals surface area contributed by atoms with Crippen molar-refractivity contribution in [3.63, 3.8) is 0 Å². The van der Waals surface area contributed by atoms with Crippen LogP contribution in [-0.2, 0) is 11.3 Å². The number of carboxylic acid groups (broad SMARTS) is 1. The van der Waals surface area contributed by atoms with Crippen LogP contribution in [0.2, 0.25) is 0 Å². The first-order valence-corrected chi connectivity index (χ1v) is 7.11. The van der Waals surface area contributed by atoms with Crippen molar-refractivity contribution >= 4 is 5.97 Å². The Morgan fingerprint density at radius 3 is 2.74 bits per heavy atom. The first-order valence-electron chi connectivity index (χ1n) is 7.11. The number of furan rings is 1. The summed E-state index contributed by atoms with van der Waals surface area (Å²) in [5.41, 5.74) is 2.27. The van der Waals surface area contributed by atoms with Gasteiger partial charge in [0.2, 0.25) is 0 Å². The molecule has 6 nitrogen and oxygen atoms in total. The van der Waals surface area contributed by atoms with Crippen LogP contribution in [0.5, 0.6) is 0 Å². The van der Waals surface area contributed by atoms with Crippen molar-refractivity contribution in [2.75, 3.05) is 7.05 Å². The van der Waals surface area contributed by atoms with Gasteiger partial charge in [0, 0.05) is 17.2 Å². The molecular weight excluding hydrogens is 296 g/mol. The maximum atomic E-state index is 11.5. The van der Waals surface area contributed by atoms with Gasteiger partial charge in [-0.2, -0.15) is 0 Å². The van der Waals surface area contributed by atoms with Crippen LogP contribution < -0.4 is 0 Å². The minimum Gasteiger partial charge on any atom is -0.480 e. The Morgan fingerprint density at radius 2 is 2.09 bits per heavy atom. The summed E-state index contributed by atoms with van der Waals surface area (Å²) in [7, 11) is 1.72. The third-order valence-electron chi connectivity index (χ3n) is 3.57. The van der Waals surface area contributed by atoms with Crippen molar-refractivity contribution < 1.29 is 18.8 Å². The summed E-state index contributed by atoms with van der Waals surface area (Å²) in [6.07, 6.45) is 2.89. The molecule has 3 aromatic rings. The van der Waals surface area contributed by atoms with Crippen molar-refractivity contribution in [1.82, 2.24) is 10.1 Å². The fraction of sp³-hybridized carbons (Fsp3) is 0.176. The largest absolute Gasteiger partial charge is 0.480 e. The predicted octanol–water partition coefficient (Wildman–Crippen LogP) is 3.19. The van der Waals surface area contributed by atoms with Gasteiger partial charge < -0.3 is 14.0 Å². The fourth-order valence-electron chi connectivity index (χ4n) is 2.49. The number of benzene rings is 1. The lowest BCUT2D eigenvalue weighted by Gasteiger charge is -2.22. The maximum absolute atomic E-state index is 11.5. The second-order valence-electron chi connectivity index (χ2n) is 5.26. The van der Waals surface area contributed by atoms with E-state index in [-0.39, 0.29) is 0 Å². The number of rotatable bonds is 6. The lowest BCUT2D eigenvalue weighted by Crippen LogP contribution is -2.30. The number of hydrogen-bond acceptors (Lipinski definition) is 5. The number of carbonyl (C=O) groups is 1. The smallest absolute Gasteiger partial charge is 0.325 e. The van der Waals surface area contributed by atoms with Crippen LogP contribution >= 0.6 is 0 Å². The first-order chi connectivity index (χ1) is 11.1. The Kier molecular flexibility index (Phi) is 4.25. The molecule has 0 aliphatic heterocycles. The fourth-order valence-corrected chi connectivity index (χ4v) is 2.49. The van der Waals surface area contributed by atoms with Gasteiger partial charge in [-0.25, -0.2) is 0 Å². The highest BCUT2D eigenvalue weighted by atomic mass is 16.5. The molecule has 0 fully saturated rings. The first kappa shape index (κ1) is 15.1. The van der Waals surface area contributed by atoms with E-state index in [4.69, 9.17) is 8.94 Å². The Balaban J connectivity index is 1.76. The molecule has 23 heavy (non-hydrogen) atoms. The molecule has 2 aromatic heterocycles. The van der Waals surface area contributed by atoms with Gasteiger partial charge in [-0.3, -0.25) is 9.69 Å². The van der Waals surface area contributed by atoms with Gasteiger partial charge in [0.05, 0.1) is 19.1 Å². The second-order valence-corrected chi connectivity index (χ2v) is 5.26. The quantitative estimate of drug-likeness (QED) is 0.753. The molecular formula is C17H16N2O4. The van der Waals surface area contributed by atoms with Crippen molar-refractivity contribution in [1.29, 1.82) is 0 Å². The zero-order chi connectivity index (χ0) is 16.2. The van der Waals surface area contributed by atoms with Crippen LogP contribution in [0, 0.1) is 0 Å². The van der Waals surface area contributed by atoms with Gasteiger partial charge in [-0.05, 0) is 13.1 Å². The maximum Gasteiger partial charge on any atom is 0.325 e. The highest BCUT2D eigenvalue weighted by Gasteiger charge is 2.26. The molecule has 0 unspecified atom stereocenters. The SMILES string of the molecule is CN(Cc1cc(-c2ccccc2)no1)[C@@H](C(=O)O)c1ccoc1. The topological polar surface area (TPSA) is 79.7 Å². The van der Waals surface area contributed by atoms with E-state index in [9.17, 15) is 9.90 Å². The zero-order valence-electron chi connectivity index (χ0n) is 12.5. The van der Waals surface area contributed by atoms with E-state index in [2.05, 4.69) is 5.16 Å². The monoisotopic (exact) mass is 312 g/mol. The van der Waals surface area contributed by atoms with Crippen LogP contribution in [-0.4, -0.2) is 28.2 Å². The Bertz CT molecular complexity index is 765. The number of aromatic nitrogens is 1. The Labute approximate surface area is 132 Å². The van der Waals surface area contributed by atoms with E-state index >= 15 is 0 Å². The molecule has 2 heterocycles. The number of aliphatic carboxylic acids is 1. The molecule has 0 aliphatic carbocycles. The van der Waals surface area contributed by atoms with E-state index in [1.807, 2.05) is 36.4 Å². The Hall–Kier alpha value is -2.86. The minimum atomic E-state index is -0.948. The lowest BCUT2D eigenvalue weighted by molar-refractivity contribution is -0.143. The highest BCUT2D eigenvalue weighted by Crippen LogP contribution is 2.24. The molecule has 6 heteroatoms. The molecule has 0 bridgehead atoms. The van der Waals surface area contributed by atoms with Crippen molar-refractivity contribution in [2.24, 2.45) is 0 Å². The van der Waals surface area contributed by atoms with Gasteiger partial charge in [0.1, 0.15) is 11.7 Å². The van der Waals surface area contributed by atoms with Crippen LogP contribution in [0.15, 0.2) is 63.9 Å². The molecule has 0 spiro atoms. The van der Waals surface area contributed by atoms with Crippen molar-refractivity contribution in [2.45, 2.75) is 12.6 Å². The van der Waals surface area contributed by atoms with E-state index in [1.54, 1.807) is 18.0 Å². The molecule has 0 amide bonds. The van der Waals surface area contributed by atoms with E-state index in [1.165, 1.54) is 12.5 Å². The molecule has 0 saturated heterocycles. The summed E-state index contributed by atoms with van der Waals surface area (Å²) in [4.78, 5) is 13.2. The Morgan fingerprint density at radius 1 is 1.30 bits per heavy atom. The normalized spacial score (nSPS) is 12.4. The van der Waals surface area contributed by atoms with Crippen LogP contribution in [0.25, 0.3) is 11.3 Å². The molecule has 1 N–H and O–H groups in total. The van der Waals surface area contributed by atoms with Crippen LogP contribution in [0.1, 0.15) is 17.4 Å². The van der Waals surface area contributed by atoms with Gasteiger partial charge in [0.15, 0.2) is 5.76 Å². The number of likely N-dealkylation sites (N-methyl/N-ethyl adjacent to an activating group) is 1. The van der Waals surface area contributed by atoms with Crippen molar-refractivity contribution in [3.05, 3.63) is 66.3 Å². The summed E-state index contributed by atoms with van der Waals surface area (Å²) in [6, 6.07) is 12.3. The minimum absolute atomic E-state index is 0.321. The number of nitrogens with zero attached hydrogens (tertiary/aromatic N) is 2. The molecule has 118 valence electrons. The lowest BCUT2D eigenvalue weighted by atomic mass is 10.1. The second kappa shape index (κ2) is 6.50. The molecule has 1 aromatic carbocycles. The van der Waals surface area contributed by atoms with E-state index in [0.29, 0.717) is 17.9 Å². The van der Waals surface area contributed by atoms with E-state index in [0.717, 1.165) is 11.3 Å². The summed E-state index contributed by atoms with van der Waals surface area (Å²) < 4.78 is 10.3. The highest BCUT2D eigenvalue weighted by molar-refractivity contribution is 5.75. The average Bonchev–Trinajstić information content (AvgIpc) is 3.20. The standard InChI is InChI=1S/C17H16N2O4/c1-19(16(17(20)21)13-7-8-22-11-13)10-14-9-15(18-23-14)12-5-3-2-4-6-12/h2-9,11,16H,10H2,1H3,(H,20,21)/t16-/m1/s1. The van der Waals surface area contributed by atoms with Gasteiger partial charge in [0.25, 0.3) is 0 Å². The summed E-state index contributed by atoms with van der Waals surface area (Å²) in [5, 5.41) is 13.5. The van der Waals surface area contributed by atoms with Gasteiger partial charge >= 0.3 is 5.97 Å². The molecule has 0 radical (unpaired) electrons. The number of hydrogen-bond donors (Lipinski definition) is 1. The van der Waals surface area contributed by atoms with Crippen molar-refractivity contribution in [3.8, 4) is 11.3 Å². The molecule has 0 saturated carbocycles. The van der Waals surface area contributed by atoms with Gasteiger partial charge in [-0.15, -0.1) is 0 Å². The summed E-state index contributed by atoms with van der Waals surface area (Å²) in [5.74, 6) is -0.349. The van der Waals surface area contributed by atoms with Gasteiger partial charge in [-0.1, -0.05) is 35.5 Å². The summed E-state index contributed by atoms with van der Waals surface area (Å²) in [6.45, 7) is 0.321.